The second kappa shape index (κ2) is 3.66. The summed E-state index contributed by atoms with van der Waals surface area (Å²) in [5, 5.41) is 7.50. The Kier molecular flexibility index (Phi) is 2.09. The number of hydrogen-bond donors (Lipinski definition) is 2. The van der Waals surface area contributed by atoms with Crippen LogP contribution in [0.5, 0.6) is 0 Å². The minimum Gasteiger partial charge on any atom is -0.376 e. The summed E-state index contributed by atoms with van der Waals surface area (Å²) in [5.41, 5.74) is 6.99. The van der Waals surface area contributed by atoms with Crippen LogP contribution in [-0.2, 0) is 4.74 Å². The van der Waals surface area contributed by atoms with E-state index < -0.39 is 0 Å². The van der Waals surface area contributed by atoms with Crippen LogP contribution >= 0.6 is 0 Å². The molecule has 6 heteroatoms. The SMILES string of the molecule is NC1C2CCOC2C1Nc1ccn2nccc2n1. The fraction of sp³-hybridized carbons (Fsp3) is 0.500. The summed E-state index contributed by atoms with van der Waals surface area (Å²) in [6, 6.07) is 4.13. The van der Waals surface area contributed by atoms with Crippen molar-refractivity contribution in [3.63, 3.8) is 0 Å². The molecule has 0 radical (unpaired) electrons. The maximum atomic E-state index is 6.16. The van der Waals surface area contributed by atoms with E-state index in [0.29, 0.717) is 5.92 Å². The van der Waals surface area contributed by atoms with E-state index in [0.717, 1.165) is 24.5 Å². The Labute approximate surface area is 104 Å². The molecule has 1 aliphatic heterocycles. The molecule has 2 aliphatic rings. The Morgan fingerprint density at radius 2 is 2.39 bits per heavy atom. The van der Waals surface area contributed by atoms with Gasteiger partial charge in [0.1, 0.15) is 5.82 Å². The highest BCUT2D eigenvalue weighted by molar-refractivity contribution is 5.47. The monoisotopic (exact) mass is 245 g/mol. The maximum Gasteiger partial charge on any atom is 0.157 e. The van der Waals surface area contributed by atoms with Gasteiger partial charge >= 0.3 is 0 Å². The van der Waals surface area contributed by atoms with Crippen molar-refractivity contribution in [1.82, 2.24) is 14.6 Å². The van der Waals surface area contributed by atoms with E-state index in [2.05, 4.69) is 15.4 Å². The van der Waals surface area contributed by atoms with Crippen LogP contribution in [0.15, 0.2) is 24.5 Å². The standard InChI is InChI=1S/C12H15N5O/c13-10-7-3-6-18-12(7)11(10)16-8-2-5-17-9(15-8)1-4-14-17/h1-2,4-5,7,10-12H,3,6,13H2,(H,15,16). The zero-order valence-corrected chi connectivity index (χ0v) is 9.86. The van der Waals surface area contributed by atoms with Crippen molar-refractivity contribution < 1.29 is 4.74 Å². The normalized spacial score (nSPS) is 34.3. The van der Waals surface area contributed by atoms with Crippen molar-refractivity contribution in [2.45, 2.75) is 24.6 Å². The number of nitrogens with zero attached hydrogens (tertiary/aromatic N) is 3. The zero-order chi connectivity index (χ0) is 12.1. The van der Waals surface area contributed by atoms with Gasteiger partial charge in [0.05, 0.1) is 18.3 Å². The molecular formula is C12H15N5O. The predicted molar refractivity (Wildman–Crippen MR) is 66.2 cm³/mol. The Morgan fingerprint density at radius 1 is 1.44 bits per heavy atom. The molecule has 6 nitrogen and oxygen atoms in total. The largest absolute Gasteiger partial charge is 0.376 e. The average Bonchev–Trinajstić information content (AvgIpc) is 3.02. The van der Waals surface area contributed by atoms with Gasteiger partial charge in [0.15, 0.2) is 5.65 Å². The number of fused-ring (bicyclic) bond motifs is 2. The van der Waals surface area contributed by atoms with Crippen LogP contribution in [-0.4, -0.2) is 39.4 Å². The quantitative estimate of drug-likeness (QED) is 0.793. The molecule has 2 fully saturated rings. The Hall–Kier alpha value is -1.66. The minimum atomic E-state index is 0.167. The molecule has 3 N–H and O–H groups in total. The Bertz CT molecular complexity index is 583. The first kappa shape index (κ1) is 10.3. The zero-order valence-electron chi connectivity index (χ0n) is 9.86. The lowest BCUT2D eigenvalue weighted by molar-refractivity contribution is 0.00524. The van der Waals surface area contributed by atoms with E-state index in [4.69, 9.17) is 10.5 Å². The first-order valence-corrected chi connectivity index (χ1v) is 6.27. The summed E-state index contributed by atoms with van der Waals surface area (Å²) in [6.07, 6.45) is 4.96. The molecule has 0 bridgehead atoms. The van der Waals surface area contributed by atoms with Gasteiger partial charge < -0.3 is 15.8 Å². The molecule has 18 heavy (non-hydrogen) atoms. The molecule has 1 aliphatic carbocycles. The molecule has 1 saturated carbocycles. The Morgan fingerprint density at radius 3 is 3.33 bits per heavy atom. The number of anilines is 1. The van der Waals surface area contributed by atoms with Gasteiger partial charge in [0, 0.05) is 30.8 Å². The third-order valence-electron chi connectivity index (χ3n) is 4.02. The molecule has 4 atom stereocenters. The highest BCUT2D eigenvalue weighted by Crippen LogP contribution is 2.39. The van der Waals surface area contributed by atoms with Gasteiger partial charge in [-0.25, -0.2) is 9.50 Å². The fourth-order valence-electron chi connectivity index (χ4n) is 2.99. The van der Waals surface area contributed by atoms with Crippen molar-refractivity contribution >= 4 is 11.5 Å². The van der Waals surface area contributed by atoms with Gasteiger partial charge in [0.25, 0.3) is 0 Å². The molecule has 1 saturated heterocycles. The van der Waals surface area contributed by atoms with Crippen LogP contribution in [0, 0.1) is 5.92 Å². The van der Waals surface area contributed by atoms with E-state index in [1.54, 1.807) is 10.7 Å². The van der Waals surface area contributed by atoms with E-state index in [1.807, 2.05) is 18.3 Å². The number of rotatable bonds is 2. The summed E-state index contributed by atoms with van der Waals surface area (Å²) in [5.74, 6) is 1.35. The van der Waals surface area contributed by atoms with Crippen LogP contribution in [0.4, 0.5) is 5.82 Å². The van der Waals surface area contributed by atoms with E-state index >= 15 is 0 Å². The molecule has 94 valence electrons. The smallest absolute Gasteiger partial charge is 0.157 e. The third kappa shape index (κ3) is 1.36. The fourth-order valence-corrected chi connectivity index (χ4v) is 2.99. The molecule has 0 amide bonds. The van der Waals surface area contributed by atoms with Gasteiger partial charge in [-0.05, 0) is 12.5 Å². The lowest BCUT2D eigenvalue weighted by Gasteiger charge is -2.45. The third-order valence-corrected chi connectivity index (χ3v) is 4.02. The van der Waals surface area contributed by atoms with Crippen LogP contribution in [0.2, 0.25) is 0 Å². The highest BCUT2D eigenvalue weighted by atomic mass is 16.5. The molecule has 3 heterocycles. The topological polar surface area (TPSA) is 77.5 Å². The van der Waals surface area contributed by atoms with E-state index in [-0.39, 0.29) is 18.2 Å². The predicted octanol–water partition coefficient (Wildman–Crippen LogP) is 0.256. The maximum absolute atomic E-state index is 6.16. The number of nitrogens with one attached hydrogen (secondary N) is 1. The number of ether oxygens (including phenoxy) is 1. The summed E-state index contributed by atoms with van der Waals surface area (Å²) >= 11 is 0. The van der Waals surface area contributed by atoms with Crippen molar-refractivity contribution in [1.29, 1.82) is 0 Å². The first-order valence-electron chi connectivity index (χ1n) is 6.27. The summed E-state index contributed by atoms with van der Waals surface area (Å²) in [6.45, 7) is 0.830. The molecule has 2 aromatic rings. The minimum absolute atomic E-state index is 0.167. The Balaban J connectivity index is 1.57. The van der Waals surface area contributed by atoms with Gasteiger partial charge in [-0.2, -0.15) is 5.10 Å². The van der Waals surface area contributed by atoms with Crippen molar-refractivity contribution in [3.05, 3.63) is 24.5 Å². The van der Waals surface area contributed by atoms with Crippen LogP contribution in [0.25, 0.3) is 5.65 Å². The highest BCUT2D eigenvalue weighted by Gasteiger charge is 2.52. The van der Waals surface area contributed by atoms with Gasteiger partial charge in [0.2, 0.25) is 0 Å². The second-order valence-electron chi connectivity index (χ2n) is 4.98. The molecule has 0 aromatic carbocycles. The lowest BCUT2D eigenvalue weighted by Crippen LogP contribution is -2.65. The number of aromatic nitrogens is 3. The molecular weight excluding hydrogens is 230 g/mol. The van der Waals surface area contributed by atoms with Crippen molar-refractivity contribution in [2.24, 2.45) is 11.7 Å². The number of hydrogen-bond acceptors (Lipinski definition) is 5. The molecule has 2 aromatic heterocycles. The van der Waals surface area contributed by atoms with E-state index in [9.17, 15) is 0 Å². The summed E-state index contributed by atoms with van der Waals surface area (Å²) < 4.78 is 7.43. The lowest BCUT2D eigenvalue weighted by atomic mass is 9.72. The average molecular weight is 245 g/mol. The number of nitrogens with two attached hydrogens (primary N) is 1. The van der Waals surface area contributed by atoms with Crippen molar-refractivity contribution in [2.75, 3.05) is 11.9 Å². The summed E-state index contributed by atoms with van der Waals surface area (Å²) in [4.78, 5) is 4.48. The molecule has 4 rings (SSSR count). The van der Waals surface area contributed by atoms with Gasteiger partial charge in [-0.3, -0.25) is 0 Å². The van der Waals surface area contributed by atoms with Crippen LogP contribution in [0.1, 0.15) is 6.42 Å². The van der Waals surface area contributed by atoms with Crippen LogP contribution in [0.3, 0.4) is 0 Å². The first-order chi connectivity index (χ1) is 8.83. The second-order valence-corrected chi connectivity index (χ2v) is 4.98. The molecule has 0 spiro atoms. The van der Waals surface area contributed by atoms with E-state index in [1.165, 1.54) is 0 Å². The van der Waals surface area contributed by atoms with Gasteiger partial charge in [-0.1, -0.05) is 0 Å². The summed E-state index contributed by atoms with van der Waals surface area (Å²) in [7, 11) is 0. The van der Waals surface area contributed by atoms with Crippen molar-refractivity contribution in [3.8, 4) is 0 Å². The molecule has 4 unspecified atom stereocenters. The van der Waals surface area contributed by atoms with Crippen LogP contribution < -0.4 is 11.1 Å². The van der Waals surface area contributed by atoms with Gasteiger partial charge in [-0.15, -0.1) is 0 Å².